The fraction of sp³-hybridized carbons (Fsp3) is 0.273. The summed E-state index contributed by atoms with van der Waals surface area (Å²) in [4.78, 5) is 11.0. The second kappa shape index (κ2) is 5.25. The van der Waals surface area contributed by atoms with Crippen LogP contribution in [0.2, 0.25) is 0 Å². The second-order valence-electron chi connectivity index (χ2n) is 4.07. The van der Waals surface area contributed by atoms with Crippen molar-refractivity contribution in [2.75, 3.05) is 4.72 Å². The van der Waals surface area contributed by atoms with E-state index in [1.807, 2.05) is 6.92 Å². The Bertz CT molecular complexity index is 746. The van der Waals surface area contributed by atoms with E-state index in [1.165, 1.54) is 12.3 Å². The number of hydrogen-bond donors (Lipinski definition) is 2. The molecule has 0 fully saturated rings. The topological polar surface area (TPSA) is 101 Å². The third kappa shape index (κ3) is 2.83. The number of carbonyl (C=O) groups is 1. The van der Waals surface area contributed by atoms with Gasteiger partial charge in [0, 0.05) is 12.7 Å². The van der Waals surface area contributed by atoms with Crippen molar-refractivity contribution in [1.82, 2.24) is 9.78 Å². The number of nitrogens with one attached hydrogen (secondary N) is 1. The second-order valence-corrected chi connectivity index (χ2v) is 7.03. The highest BCUT2D eigenvalue weighted by Gasteiger charge is 2.22. The predicted octanol–water partition coefficient (Wildman–Crippen LogP) is 1.77. The van der Waals surface area contributed by atoms with E-state index < -0.39 is 16.0 Å². The van der Waals surface area contributed by atoms with Crippen molar-refractivity contribution >= 4 is 33.0 Å². The molecule has 0 atom stereocenters. The van der Waals surface area contributed by atoms with E-state index in [2.05, 4.69) is 9.82 Å². The Hall–Kier alpha value is -1.87. The number of nitrogens with zero attached hydrogens (tertiary/aromatic N) is 2. The van der Waals surface area contributed by atoms with Gasteiger partial charge in [0.25, 0.3) is 10.0 Å². The summed E-state index contributed by atoms with van der Waals surface area (Å²) < 4.78 is 28.2. The number of aromatic carboxylic acids is 1. The van der Waals surface area contributed by atoms with E-state index in [4.69, 9.17) is 5.11 Å². The van der Waals surface area contributed by atoms with E-state index in [1.54, 1.807) is 17.8 Å². The van der Waals surface area contributed by atoms with Crippen molar-refractivity contribution in [3.8, 4) is 0 Å². The minimum absolute atomic E-state index is 0.0228. The van der Waals surface area contributed by atoms with Crippen LogP contribution in [0, 0.1) is 6.92 Å². The first kappa shape index (κ1) is 14.5. The number of carboxylic acid groups (broad SMARTS) is 1. The number of carboxylic acids is 1. The van der Waals surface area contributed by atoms with Crippen LogP contribution in [0.4, 0.5) is 5.69 Å². The van der Waals surface area contributed by atoms with Gasteiger partial charge in [-0.05, 0) is 25.5 Å². The minimum Gasteiger partial charge on any atom is -0.477 e. The molecule has 0 spiro atoms. The largest absolute Gasteiger partial charge is 0.477 e. The molecule has 0 aromatic carbocycles. The molecule has 2 rings (SSSR count). The van der Waals surface area contributed by atoms with Crippen LogP contribution in [0.1, 0.15) is 22.2 Å². The molecule has 0 bridgehead atoms. The molecule has 20 heavy (non-hydrogen) atoms. The maximum absolute atomic E-state index is 12.2. The zero-order valence-electron chi connectivity index (χ0n) is 10.8. The molecule has 0 amide bonds. The summed E-state index contributed by atoms with van der Waals surface area (Å²) in [5, 5.41) is 12.9. The fourth-order valence-corrected chi connectivity index (χ4v) is 4.00. The average Bonchev–Trinajstić information content (AvgIpc) is 2.95. The number of hydrogen-bond acceptors (Lipinski definition) is 5. The lowest BCUT2D eigenvalue weighted by Crippen LogP contribution is -2.11. The van der Waals surface area contributed by atoms with Gasteiger partial charge in [-0.25, -0.2) is 13.2 Å². The molecule has 7 nitrogen and oxygen atoms in total. The Morgan fingerprint density at radius 2 is 2.25 bits per heavy atom. The molecule has 0 saturated heterocycles. The van der Waals surface area contributed by atoms with E-state index >= 15 is 0 Å². The number of sulfonamides is 1. The van der Waals surface area contributed by atoms with E-state index in [0.29, 0.717) is 17.8 Å². The fourth-order valence-electron chi connectivity index (χ4n) is 1.59. The standard InChI is InChI=1S/C11H13N3O4S2/c1-3-14-6-8(5-12-14)13-20(17,18)9-4-7(2)10(19-9)11(15)16/h4-6,13H,3H2,1-2H3,(H,15,16). The Labute approximate surface area is 119 Å². The van der Waals surface area contributed by atoms with Crippen LogP contribution in [0.15, 0.2) is 22.7 Å². The number of anilines is 1. The summed E-state index contributed by atoms with van der Waals surface area (Å²) in [6.45, 7) is 4.07. The summed E-state index contributed by atoms with van der Waals surface area (Å²) >= 11 is 0.729. The Morgan fingerprint density at radius 3 is 2.75 bits per heavy atom. The molecule has 0 unspecified atom stereocenters. The zero-order valence-corrected chi connectivity index (χ0v) is 12.5. The number of aromatic nitrogens is 2. The molecular weight excluding hydrogens is 302 g/mol. The highest BCUT2D eigenvalue weighted by atomic mass is 32.2. The summed E-state index contributed by atoms with van der Waals surface area (Å²) in [6, 6.07) is 1.35. The molecule has 2 N–H and O–H groups in total. The highest BCUT2D eigenvalue weighted by Crippen LogP contribution is 2.27. The van der Waals surface area contributed by atoms with Gasteiger partial charge in [-0.2, -0.15) is 5.10 Å². The molecule has 108 valence electrons. The van der Waals surface area contributed by atoms with Gasteiger partial charge >= 0.3 is 5.97 Å². The normalized spacial score (nSPS) is 11.5. The van der Waals surface area contributed by atoms with E-state index in [-0.39, 0.29) is 9.09 Å². The smallest absolute Gasteiger partial charge is 0.346 e. The van der Waals surface area contributed by atoms with Crippen molar-refractivity contribution in [2.45, 2.75) is 24.6 Å². The number of thiophene rings is 1. The van der Waals surface area contributed by atoms with Crippen LogP contribution < -0.4 is 4.72 Å². The molecule has 0 aliphatic carbocycles. The summed E-state index contributed by atoms with van der Waals surface area (Å²) in [5.74, 6) is -1.13. The van der Waals surface area contributed by atoms with E-state index in [0.717, 1.165) is 11.3 Å². The number of aryl methyl sites for hydroxylation is 2. The molecule has 2 aromatic rings. The molecule has 0 aliphatic heterocycles. The predicted molar refractivity (Wildman–Crippen MR) is 74.7 cm³/mol. The molecule has 0 saturated carbocycles. The minimum atomic E-state index is -3.79. The first-order chi connectivity index (χ1) is 9.33. The highest BCUT2D eigenvalue weighted by molar-refractivity contribution is 7.94. The van der Waals surface area contributed by atoms with Crippen molar-refractivity contribution < 1.29 is 18.3 Å². The quantitative estimate of drug-likeness (QED) is 0.875. The van der Waals surface area contributed by atoms with Crippen molar-refractivity contribution in [3.63, 3.8) is 0 Å². The van der Waals surface area contributed by atoms with Crippen LogP contribution in [-0.4, -0.2) is 29.3 Å². The van der Waals surface area contributed by atoms with Gasteiger partial charge in [0.1, 0.15) is 9.09 Å². The zero-order chi connectivity index (χ0) is 14.9. The molecule has 2 aromatic heterocycles. The van der Waals surface area contributed by atoms with Crippen LogP contribution in [-0.2, 0) is 16.6 Å². The van der Waals surface area contributed by atoms with Gasteiger partial charge in [0.05, 0.1) is 11.9 Å². The first-order valence-electron chi connectivity index (χ1n) is 5.72. The van der Waals surface area contributed by atoms with Crippen molar-refractivity contribution in [2.24, 2.45) is 0 Å². The van der Waals surface area contributed by atoms with Crippen molar-refractivity contribution in [1.29, 1.82) is 0 Å². The van der Waals surface area contributed by atoms with Crippen molar-refractivity contribution in [3.05, 3.63) is 28.9 Å². The van der Waals surface area contributed by atoms with Gasteiger partial charge in [-0.15, -0.1) is 11.3 Å². The number of rotatable bonds is 5. The summed E-state index contributed by atoms with van der Waals surface area (Å²) in [6.07, 6.45) is 2.97. The van der Waals surface area contributed by atoms with Gasteiger partial charge in [-0.1, -0.05) is 0 Å². The summed E-state index contributed by atoms with van der Waals surface area (Å²) in [7, 11) is -3.79. The van der Waals surface area contributed by atoms with Gasteiger partial charge < -0.3 is 5.11 Å². The van der Waals surface area contributed by atoms with Crippen LogP contribution >= 0.6 is 11.3 Å². The van der Waals surface area contributed by atoms with Crippen LogP contribution in [0.3, 0.4) is 0 Å². The molecule has 0 aliphatic rings. The Kier molecular flexibility index (Phi) is 3.82. The average molecular weight is 315 g/mol. The van der Waals surface area contributed by atoms with Gasteiger partial charge in [-0.3, -0.25) is 9.40 Å². The lowest BCUT2D eigenvalue weighted by Gasteiger charge is -2.02. The monoisotopic (exact) mass is 315 g/mol. The molecule has 9 heteroatoms. The Morgan fingerprint density at radius 1 is 1.55 bits per heavy atom. The maximum Gasteiger partial charge on any atom is 0.346 e. The molecule has 2 heterocycles. The summed E-state index contributed by atoms with van der Waals surface area (Å²) in [5.41, 5.74) is 0.766. The SMILES string of the molecule is CCn1cc(NS(=O)(=O)c2cc(C)c(C(=O)O)s2)cn1. The third-order valence-corrected chi connectivity index (χ3v) is 5.64. The first-order valence-corrected chi connectivity index (χ1v) is 8.02. The Balaban J connectivity index is 2.30. The van der Waals surface area contributed by atoms with E-state index in [9.17, 15) is 13.2 Å². The van der Waals surface area contributed by atoms with Gasteiger partial charge in [0.2, 0.25) is 0 Å². The van der Waals surface area contributed by atoms with Crippen LogP contribution in [0.25, 0.3) is 0 Å². The van der Waals surface area contributed by atoms with Gasteiger partial charge in [0.15, 0.2) is 0 Å². The maximum atomic E-state index is 12.2. The molecular formula is C11H13N3O4S2. The van der Waals surface area contributed by atoms with Crippen LogP contribution in [0.5, 0.6) is 0 Å². The lowest BCUT2D eigenvalue weighted by molar-refractivity contribution is 0.0701. The third-order valence-electron chi connectivity index (χ3n) is 2.56. The molecule has 0 radical (unpaired) electrons. The lowest BCUT2D eigenvalue weighted by atomic mass is 10.3.